The number of benzene rings is 2. The Balaban J connectivity index is 1.85. The summed E-state index contributed by atoms with van der Waals surface area (Å²) in [7, 11) is 1.62. The number of ketones is 1. The van der Waals surface area contributed by atoms with Gasteiger partial charge in [0.15, 0.2) is 6.10 Å². The third-order valence-electron chi connectivity index (χ3n) is 3.64. The first-order chi connectivity index (χ1) is 9.69. The molecule has 0 saturated heterocycles. The van der Waals surface area contributed by atoms with Crippen LogP contribution in [0.4, 0.5) is 0 Å². The van der Waals surface area contributed by atoms with Gasteiger partial charge in [-0.2, -0.15) is 0 Å². The highest BCUT2D eigenvalue weighted by Crippen LogP contribution is 2.30. The number of carbonyl (C=O) groups excluding carboxylic acids is 1. The molecule has 0 amide bonds. The quantitative estimate of drug-likeness (QED) is 0.802. The first kappa shape index (κ1) is 12.7. The van der Waals surface area contributed by atoms with Crippen LogP contribution in [0.1, 0.15) is 21.5 Å². The van der Waals surface area contributed by atoms with Crippen LogP contribution < -0.4 is 9.47 Å². The molecule has 3 nitrogen and oxygen atoms in total. The summed E-state index contributed by atoms with van der Waals surface area (Å²) < 4.78 is 10.9. The van der Waals surface area contributed by atoms with Gasteiger partial charge in [-0.05, 0) is 42.3 Å². The highest BCUT2D eigenvalue weighted by molar-refractivity contribution is 6.01. The number of carbonyl (C=O) groups is 1. The number of hydrogen-bond acceptors (Lipinski definition) is 3. The van der Waals surface area contributed by atoms with E-state index in [0.29, 0.717) is 12.0 Å². The number of para-hydroxylation sites is 1. The second-order valence-corrected chi connectivity index (χ2v) is 4.96. The minimum Gasteiger partial charge on any atom is -0.497 e. The van der Waals surface area contributed by atoms with Gasteiger partial charge in [0, 0.05) is 12.0 Å². The molecule has 1 aliphatic rings. The summed E-state index contributed by atoms with van der Waals surface area (Å²) in [6, 6.07) is 13.3. The van der Waals surface area contributed by atoms with Crippen LogP contribution in [0.5, 0.6) is 11.5 Å². The van der Waals surface area contributed by atoms with Gasteiger partial charge < -0.3 is 9.47 Å². The van der Waals surface area contributed by atoms with Crippen molar-refractivity contribution in [3.8, 4) is 11.5 Å². The van der Waals surface area contributed by atoms with Gasteiger partial charge >= 0.3 is 0 Å². The second kappa shape index (κ2) is 5.00. The minimum atomic E-state index is -0.417. The minimum absolute atomic E-state index is 0.0290. The highest BCUT2D eigenvalue weighted by Gasteiger charge is 2.30. The van der Waals surface area contributed by atoms with Crippen LogP contribution in [0.2, 0.25) is 0 Å². The smallest absolute Gasteiger partial charge is 0.203 e. The van der Waals surface area contributed by atoms with Crippen LogP contribution in [-0.4, -0.2) is 19.0 Å². The van der Waals surface area contributed by atoms with E-state index < -0.39 is 6.10 Å². The molecule has 0 spiro atoms. The van der Waals surface area contributed by atoms with E-state index in [1.165, 1.54) is 0 Å². The van der Waals surface area contributed by atoms with E-state index in [1.54, 1.807) is 7.11 Å². The first-order valence-corrected chi connectivity index (χ1v) is 6.62. The molecule has 20 heavy (non-hydrogen) atoms. The van der Waals surface area contributed by atoms with Gasteiger partial charge in [-0.1, -0.05) is 18.2 Å². The summed E-state index contributed by atoms with van der Waals surface area (Å²) in [6.07, 6.45) is 0.222. The van der Waals surface area contributed by atoms with Crippen LogP contribution in [0, 0.1) is 6.92 Å². The van der Waals surface area contributed by atoms with Gasteiger partial charge in [0.1, 0.15) is 11.5 Å². The topological polar surface area (TPSA) is 35.5 Å². The van der Waals surface area contributed by atoms with Crippen molar-refractivity contribution in [1.29, 1.82) is 0 Å². The molecular weight excluding hydrogens is 252 g/mol. The number of methoxy groups -OCH3 is 1. The highest BCUT2D eigenvalue weighted by atomic mass is 16.5. The monoisotopic (exact) mass is 268 g/mol. The summed E-state index contributed by atoms with van der Waals surface area (Å²) in [6.45, 7) is 1.91. The molecule has 2 aromatic carbocycles. The van der Waals surface area contributed by atoms with Crippen molar-refractivity contribution in [1.82, 2.24) is 0 Å². The fourth-order valence-electron chi connectivity index (χ4n) is 2.54. The predicted molar refractivity (Wildman–Crippen MR) is 76.6 cm³/mol. The number of fused-ring (bicyclic) bond motifs is 1. The Labute approximate surface area is 118 Å². The predicted octanol–water partition coefficient (Wildman–Crippen LogP) is 3.19. The molecule has 0 bridgehead atoms. The van der Waals surface area contributed by atoms with Crippen LogP contribution in [-0.2, 0) is 6.42 Å². The van der Waals surface area contributed by atoms with Crippen LogP contribution in [0.15, 0.2) is 42.5 Å². The van der Waals surface area contributed by atoms with Crippen molar-refractivity contribution < 1.29 is 14.3 Å². The zero-order chi connectivity index (χ0) is 14.1. The molecule has 1 heterocycles. The Kier molecular flexibility index (Phi) is 3.18. The van der Waals surface area contributed by atoms with Crippen molar-refractivity contribution in [2.24, 2.45) is 0 Å². The molecule has 0 radical (unpaired) electrons. The van der Waals surface area contributed by atoms with Gasteiger partial charge in [-0.25, -0.2) is 0 Å². The maximum Gasteiger partial charge on any atom is 0.203 e. The lowest BCUT2D eigenvalue weighted by Gasteiger charge is -2.12. The third kappa shape index (κ3) is 2.16. The fraction of sp³-hybridized carbons (Fsp3) is 0.235. The Bertz CT molecular complexity index is 636. The normalized spacial score (nSPS) is 16.4. The van der Waals surface area contributed by atoms with Crippen LogP contribution in [0.25, 0.3) is 0 Å². The van der Waals surface area contributed by atoms with Crippen molar-refractivity contribution in [3.63, 3.8) is 0 Å². The van der Waals surface area contributed by atoms with Crippen molar-refractivity contribution in [3.05, 3.63) is 59.2 Å². The summed E-state index contributed by atoms with van der Waals surface area (Å²) in [5.41, 5.74) is 2.70. The Morgan fingerprint density at radius 1 is 1.25 bits per heavy atom. The maximum atomic E-state index is 12.6. The number of aryl methyl sites for hydroxylation is 1. The maximum absolute atomic E-state index is 12.6. The molecule has 1 unspecified atom stereocenters. The van der Waals surface area contributed by atoms with E-state index in [1.807, 2.05) is 49.4 Å². The SMILES string of the molecule is COc1ccc(C(=O)C2Cc3ccccc3O2)c(C)c1. The molecule has 0 fully saturated rings. The summed E-state index contributed by atoms with van der Waals surface area (Å²) in [4.78, 5) is 12.6. The Morgan fingerprint density at radius 2 is 2.05 bits per heavy atom. The Hall–Kier alpha value is -2.29. The molecule has 0 aliphatic carbocycles. The standard InChI is InChI=1S/C17H16O3/c1-11-9-13(19-2)7-8-14(11)17(18)16-10-12-5-3-4-6-15(12)20-16/h3-9,16H,10H2,1-2H3. The van der Waals surface area contributed by atoms with E-state index in [4.69, 9.17) is 9.47 Å². The van der Waals surface area contributed by atoms with E-state index >= 15 is 0 Å². The summed E-state index contributed by atoms with van der Waals surface area (Å²) in [5, 5.41) is 0. The lowest BCUT2D eigenvalue weighted by atomic mass is 9.98. The Morgan fingerprint density at radius 3 is 2.75 bits per heavy atom. The molecule has 0 saturated carbocycles. The molecular formula is C17H16O3. The van der Waals surface area contributed by atoms with E-state index in [2.05, 4.69) is 0 Å². The first-order valence-electron chi connectivity index (χ1n) is 6.62. The van der Waals surface area contributed by atoms with E-state index in [0.717, 1.165) is 22.6 Å². The number of ether oxygens (including phenoxy) is 2. The zero-order valence-electron chi connectivity index (χ0n) is 11.6. The van der Waals surface area contributed by atoms with Gasteiger partial charge in [0.2, 0.25) is 5.78 Å². The third-order valence-corrected chi connectivity index (χ3v) is 3.64. The molecule has 0 N–H and O–H groups in total. The van der Waals surface area contributed by atoms with Crippen LogP contribution in [0.3, 0.4) is 0 Å². The van der Waals surface area contributed by atoms with Crippen molar-refractivity contribution in [2.45, 2.75) is 19.4 Å². The number of rotatable bonds is 3. The number of Topliss-reactive ketones (excluding diaryl/α,β-unsaturated/α-hetero) is 1. The molecule has 102 valence electrons. The second-order valence-electron chi connectivity index (χ2n) is 4.96. The van der Waals surface area contributed by atoms with E-state index in [9.17, 15) is 4.79 Å². The largest absolute Gasteiger partial charge is 0.497 e. The fourth-order valence-corrected chi connectivity index (χ4v) is 2.54. The van der Waals surface area contributed by atoms with E-state index in [-0.39, 0.29) is 5.78 Å². The average molecular weight is 268 g/mol. The van der Waals surface area contributed by atoms with Gasteiger partial charge in [-0.3, -0.25) is 4.79 Å². The summed E-state index contributed by atoms with van der Waals surface area (Å²) in [5.74, 6) is 1.60. The summed E-state index contributed by atoms with van der Waals surface area (Å²) >= 11 is 0. The number of hydrogen-bond donors (Lipinski definition) is 0. The molecule has 2 aromatic rings. The zero-order valence-corrected chi connectivity index (χ0v) is 11.6. The molecule has 0 aromatic heterocycles. The van der Waals surface area contributed by atoms with Crippen LogP contribution >= 0.6 is 0 Å². The lowest BCUT2D eigenvalue weighted by molar-refractivity contribution is 0.0824. The van der Waals surface area contributed by atoms with Crippen molar-refractivity contribution in [2.75, 3.05) is 7.11 Å². The average Bonchev–Trinajstić information content (AvgIpc) is 2.90. The van der Waals surface area contributed by atoms with Crippen molar-refractivity contribution >= 4 is 5.78 Å². The van der Waals surface area contributed by atoms with Gasteiger partial charge in [0.05, 0.1) is 7.11 Å². The molecule has 3 heteroatoms. The molecule has 1 atom stereocenters. The molecule has 3 rings (SSSR count). The lowest BCUT2D eigenvalue weighted by Crippen LogP contribution is -2.26. The van der Waals surface area contributed by atoms with Gasteiger partial charge in [-0.15, -0.1) is 0 Å². The van der Waals surface area contributed by atoms with Gasteiger partial charge in [0.25, 0.3) is 0 Å². The molecule has 1 aliphatic heterocycles.